The van der Waals surface area contributed by atoms with Crippen LogP contribution in [0.15, 0.2) is 53.3 Å². The Morgan fingerprint density at radius 2 is 1.80 bits per heavy atom. The first kappa shape index (κ1) is 12.4. The van der Waals surface area contributed by atoms with E-state index in [2.05, 4.69) is 4.98 Å². The topological polar surface area (TPSA) is 60.9 Å². The van der Waals surface area contributed by atoms with E-state index in [1.54, 1.807) is 17.7 Å². The lowest BCUT2D eigenvalue weighted by Crippen LogP contribution is -2.22. The summed E-state index contributed by atoms with van der Waals surface area (Å²) in [4.78, 5) is 16.9. The Balaban J connectivity index is 2.10. The van der Waals surface area contributed by atoms with E-state index in [1.807, 2.05) is 42.5 Å². The minimum absolute atomic E-state index is 0.0129. The highest BCUT2D eigenvalue weighted by atomic mass is 16.1. The SMILES string of the molecule is Cn1c(Cc2ccc(N)cc2)nc2ccccc2c1=O. The third-order valence-electron chi connectivity index (χ3n) is 3.42. The highest BCUT2D eigenvalue weighted by Gasteiger charge is 2.08. The summed E-state index contributed by atoms with van der Waals surface area (Å²) in [5, 5.41) is 0.649. The molecular weight excluding hydrogens is 250 g/mol. The maximum Gasteiger partial charge on any atom is 0.261 e. The Hall–Kier alpha value is -2.62. The Bertz CT molecular complexity index is 819. The molecule has 0 saturated heterocycles. The van der Waals surface area contributed by atoms with E-state index in [1.165, 1.54) is 0 Å². The highest BCUT2D eigenvalue weighted by molar-refractivity contribution is 5.77. The predicted molar refractivity (Wildman–Crippen MR) is 80.6 cm³/mol. The normalized spacial score (nSPS) is 10.8. The lowest BCUT2D eigenvalue weighted by Gasteiger charge is -2.09. The number of anilines is 1. The molecule has 100 valence electrons. The quantitative estimate of drug-likeness (QED) is 0.722. The first-order valence-electron chi connectivity index (χ1n) is 6.44. The molecule has 0 atom stereocenters. The fourth-order valence-corrected chi connectivity index (χ4v) is 2.24. The summed E-state index contributed by atoms with van der Waals surface area (Å²) < 4.78 is 1.61. The van der Waals surface area contributed by atoms with Gasteiger partial charge in [-0.2, -0.15) is 0 Å². The molecule has 4 heteroatoms. The Kier molecular flexibility index (Phi) is 2.99. The van der Waals surface area contributed by atoms with E-state index in [9.17, 15) is 4.79 Å². The van der Waals surface area contributed by atoms with Crippen LogP contribution in [-0.2, 0) is 13.5 Å². The molecule has 0 spiro atoms. The van der Waals surface area contributed by atoms with Gasteiger partial charge in [0.2, 0.25) is 0 Å². The second kappa shape index (κ2) is 4.81. The molecule has 1 aromatic heterocycles. The molecule has 0 unspecified atom stereocenters. The molecule has 20 heavy (non-hydrogen) atoms. The maximum atomic E-state index is 12.3. The minimum atomic E-state index is -0.0129. The molecule has 2 aromatic carbocycles. The lowest BCUT2D eigenvalue weighted by atomic mass is 10.1. The predicted octanol–water partition coefficient (Wildman–Crippen LogP) is 2.11. The number of benzene rings is 2. The number of fused-ring (bicyclic) bond motifs is 1. The summed E-state index contributed by atoms with van der Waals surface area (Å²) in [6.07, 6.45) is 0.608. The van der Waals surface area contributed by atoms with Crippen molar-refractivity contribution in [1.82, 2.24) is 9.55 Å². The van der Waals surface area contributed by atoms with Crippen molar-refractivity contribution in [3.05, 3.63) is 70.3 Å². The summed E-state index contributed by atoms with van der Waals surface area (Å²) in [5.74, 6) is 0.749. The number of hydrogen-bond donors (Lipinski definition) is 1. The summed E-state index contributed by atoms with van der Waals surface area (Å²) in [7, 11) is 1.76. The minimum Gasteiger partial charge on any atom is -0.399 e. The first-order chi connectivity index (χ1) is 9.65. The third-order valence-corrected chi connectivity index (χ3v) is 3.42. The van der Waals surface area contributed by atoms with Gasteiger partial charge in [-0.1, -0.05) is 24.3 Å². The van der Waals surface area contributed by atoms with Crippen LogP contribution in [0.2, 0.25) is 0 Å². The molecule has 0 fully saturated rings. The van der Waals surface area contributed by atoms with Crippen LogP contribution in [0.4, 0.5) is 5.69 Å². The van der Waals surface area contributed by atoms with Gasteiger partial charge in [-0.15, -0.1) is 0 Å². The molecule has 3 aromatic rings. The number of para-hydroxylation sites is 1. The van der Waals surface area contributed by atoms with Crippen LogP contribution in [0.5, 0.6) is 0 Å². The van der Waals surface area contributed by atoms with Crippen molar-refractivity contribution in [1.29, 1.82) is 0 Å². The molecule has 0 aliphatic carbocycles. The zero-order valence-electron chi connectivity index (χ0n) is 11.2. The molecule has 3 rings (SSSR count). The van der Waals surface area contributed by atoms with E-state index in [0.717, 1.165) is 22.6 Å². The van der Waals surface area contributed by atoms with Gasteiger partial charge in [0, 0.05) is 19.2 Å². The zero-order chi connectivity index (χ0) is 14.1. The third kappa shape index (κ3) is 2.16. The van der Waals surface area contributed by atoms with Crippen LogP contribution >= 0.6 is 0 Å². The summed E-state index contributed by atoms with van der Waals surface area (Å²) >= 11 is 0. The van der Waals surface area contributed by atoms with Gasteiger partial charge in [0.15, 0.2) is 0 Å². The monoisotopic (exact) mass is 265 g/mol. The first-order valence-corrected chi connectivity index (χ1v) is 6.44. The molecule has 0 bridgehead atoms. The van der Waals surface area contributed by atoms with E-state index < -0.39 is 0 Å². The van der Waals surface area contributed by atoms with Crippen LogP contribution in [0.25, 0.3) is 10.9 Å². The van der Waals surface area contributed by atoms with Gasteiger partial charge < -0.3 is 5.73 Å². The number of nitrogen functional groups attached to an aromatic ring is 1. The Labute approximate surface area is 116 Å². The lowest BCUT2D eigenvalue weighted by molar-refractivity contribution is 0.763. The van der Waals surface area contributed by atoms with Gasteiger partial charge >= 0.3 is 0 Å². The van der Waals surface area contributed by atoms with Crippen molar-refractivity contribution in [2.45, 2.75) is 6.42 Å². The fourth-order valence-electron chi connectivity index (χ4n) is 2.24. The van der Waals surface area contributed by atoms with Crippen LogP contribution < -0.4 is 11.3 Å². The van der Waals surface area contributed by atoms with Gasteiger partial charge in [-0.05, 0) is 29.8 Å². The number of rotatable bonds is 2. The number of nitrogens with zero attached hydrogens (tertiary/aromatic N) is 2. The Morgan fingerprint density at radius 3 is 2.55 bits per heavy atom. The van der Waals surface area contributed by atoms with Gasteiger partial charge in [-0.3, -0.25) is 9.36 Å². The largest absolute Gasteiger partial charge is 0.399 e. The van der Waals surface area contributed by atoms with E-state index >= 15 is 0 Å². The van der Waals surface area contributed by atoms with E-state index in [0.29, 0.717) is 11.8 Å². The highest BCUT2D eigenvalue weighted by Crippen LogP contribution is 2.12. The van der Waals surface area contributed by atoms with Crippen molar-refractivity contribution in [3.63, 3.8) is 0 Å². The molecule has 0 aliphatic rings. The van der Waals surface area contributed by atoms with E-state index in [4.69, 9.17) is 5.73 Å². The van der Waals surface area contributed by atoms with Gasteiger partial charge in [0.1, 0.15) is 5.82 Å². The van der Waals surface area contributed by atoms with Crippen LogP contribution in [0.3, 0.4) is 0 Å². The summed E-state index contributed by atoms with van der Waals surface area (Å²) in [6.45, 7) is 0. The molecule has 0 aliphatic heterocycles. The smallest absolute Gasteiger partial charge is 0.261 e. The number of aromatic nitrogens is 2. The molecule has 0 saturated carbocycles. The second-order valence-electron chi connectivity index (χ2n) is 4.83. The van der Waals surface area contributed by atoms with Gasteiger partial charge in [-0.25, -0.2) is 4.98 Å². The molecule has 1 heterocycles. The second-order valence-corrected chi connectivity index (χ2v) is 4.83. The molecule has 4 nitrogen and oxygen atoms in total. The van der Waals surface area contributed by atoms with Gasteiger partial charge in [0.25, 0.3) is 5.56 Å². The van der Waals surface area contributed by atoms with Crippen LogP contribution in [-0.4, -0.2) is 9.55 Å². The average molecular weight is 265 g/mol. The summed E-state index contributed by atoms with van der Waals surface area (Å²) in [6, 6.07) is 15.0. The molecule has 2 N–H and O–H groups in total. The number of nitrogens with two attached hydrogens (primary N) is 1. The summed E-state index contributed by atoms with van der Waals surface area (Å²) in [5.41, 5.74) is 8.21. The van der Waals surface area contributed by atoms with Crippen molar-refractivity contribution in [2.75, 3.05) is 5.73 Å². The average Bonchev–Trinajstić information content (AvgIpc) is 2.47. The van der Waals surface area contributed by atoms with Crippen LogP contribution in [0.1, 0.15) is 11.4 Å². The van der Waals surface area contributed by atoms with Crippen LogP contribution in [0, 0.1) is 0 Å². The van der Waals surface area contributed by atoms with Crippen molar-refractivity contribution in [2.24, 2.45) is 7.05 Å². The van der Waals surface area contributed by atoms with Crippen molar-refractivity contribution >= 4 is 16.6 Å². The zero-order valence-corrected chi connectivity index (χ0v) is 11.2. The number of hydrogen-bond acceptors (Lipinski definition) is 3. The fraction of sp³-hybridized carbons (Fsp3) is 0.125. The molecule has 0 radical (unpaired) electrons. The Morgan fingerprint density at radius 1 is 1.10 bits per heavy atom. The van der Waals surface area contributed by atoms with Crippen molar-refractivity contribution < 1.29 is 0 Å². The molecular formula is C16H15N3O. The van der Waals surface area contributed by atoms with E-state index in [-0.39, 0.29) is 5.56 Å². The van der Waals surface area contributed by atoms with Crippen molar-refractivity contribution in [3.8, 4) is 0 Å². The standard InChI is InChI=1S/C16H15N3O/c1-19-15(10-11-6-8-12(17)9-7-11)18-14-5-3-2-4-13(14)16(19)20/h2-9H,10,17H2,1H3. The molecule has 0 amide bonds. The maximum absolute atomic E-state index is 12.3. The van der Waals surface area contributed by atoms with Gasteiger partial charge in [0.05, 0.1) is 10.9 Å².